The molecule has 0 amide bonds. The second-order valence-electron chi connectivity index (χ2n) is 5.24. The third kappa shape index (κ3) is 10.2. The number of guanidine groups is 1. The van der Waals surface area contributed by atoms with Crippen LogP contribution in [0.15, 0.2) is 40.2 Å². The van der Waals surface area contributed by atoms with Crippen molar-refractivity contribution in [3.63, 3.8) is 0 Å². The van der Waals surface area contributed by atoms with Crippen molar-refractivity contribution in [2.24, 2.45) is 4.99 Å². The Bertz CT molecular complexity index is 480. The van der Waals surface area contributed by atoms with Crippen LogP contribution in [0.5, 0.6) is 0 Å². The number of hydrogen-bond acceptors (Lipinski definition) is 4. The number of benzene rings is 1. The average Bonchev–Trinajstić information content (AvgIpc) is 2.62. The zero-order valence-electron chi connectivity index (χ0n) is 14.7. The number of methoxy groups -OCH3 is 1. The van der Waals surface area contributed by atoms with E-state index < -0.39 is 0 Å². The third-order valence-electron chi connectivity index (χ3n) is 3.29. The van der Waals surface area contributed by atoms with Crippen LogP contribution in [0, 0.1) is 0 Å². The Morgan fingerprint density at radius 3 is 2.67 bits per heavy atom. The fraction of sp³-hybridized carbons (Fsp3) is 0.556. The summed E-state index contributed by atoms with van der Waals surface area (Å²) in [5, 5.41) is 6.61. The molecule has 0 radical (unpaired) electrons. The Morgan fingerprint density at radius 2 is 1.96 bits per heavy atom. The van der Waals surface area contributed by atoms with Crippen LogP contribution in [-0.4, -0.2) is 44.4 Å². The van der Waals surface area contributed by atoms with Gasteiger partial charge in [-0.3, -0.25) is 9.79 Å². The number of esters is 1. The molecule has 0 bridgehead atoms. The summed E-state index contributed by atoms with van der Waals surface area (Å²) in [6.07, 6.45) is 3.32. The Labute approximate surface area is 149 Å². The second-order valence-corrected chi connectivity index (χ2v) is 6.40. The molecule has 0 saturated carbocycles. The summed E-state index contributed by atoms with van der Waals surface area (Å²) in [5.74, 6) is 1.72. The van der Waals surface area contributed by atoms with Crippen molar-refractivity contribution in [3.05, 3.63) is 30.3 Å². The van der Waals surface area contributed by atoms with Crippen LogP contribution in [0.3, 0.4) is 0 Å². The first-order valence-electron chi connectivity index (χ1n) is 8.53. The van der Waals surface area contributed by atoms with E-state index >= 15 is 0 Å². The highest BCUT2D eigenvalue weighted by atomic mass is 32.2. The predicted octanol–water partition coefficient (Wildman–Crippen LogP) is 3.07. The van der Waals surface area contributed by atoms with Gasteiger partial charge in [-0.1, -0.05) is 24.6 Å². The molecule has 0 atom stereocenters. The highest BCUT2D eigenvalue weighted by molar-refractivity contribution is 7.99. The number of carbonyl (C=O) groups excluding carboxylic acids is 1. The Kier molecular flexibility index (Phi) is 11.6. The van der Waals surface area contributed by atoms with Gasteiger partial charge in [-0.25, -0.2) is 0 Å². The number of rotatable bonds is 11. The fourth-order valence-electron chi connectivity index (χ4n) is 2.05. The van der Waals surface area contributed by atoms with Crippen LogP contribution < -0.4 is 10.6 Å². The van der Waals surface area contributed by atoms with E-state index in [-0.39, 0.29) is 5.97 Å². The monoisotopic (exact) mass is 351 g/mol. The van der Waals surface area contributed by atoms with Gasteiger partial charge in [0.15, 0.2) is 5.96 Å². The molecular formula is C18H29N3O2S. The molecule has 24 heavy (non-hydrogen) atoms. The average molecular weight is 352 g/mol. The molecule has 0 aliphatic rings. The topological polar surface area (TPSA) is 62.7 Å². The Balaban J connectivity index is 2.16. The standard InChI is InChI=1S/C18H29N3O2S/c1-3-19-18(20-13-9-5-8-12-17(22)23-2)21-14-15-24-16-10-6-4-7-11-16/h4,6-7,10-11H,3,5,8-9,12-15H2,1-2H3,(H2,19,20,21). The van der Waals surface area contributed by atoms with Gasteiger partial charge < -0.3 is 15.4 Å². The summed E-state index contributed by atoms with van der Waals surface area (Å²) in [5.41, 5.74) is 0. The van der Waals surface area contributed by atoms with Gasteiger partial charge in [-0.05, 0) is 31.9 Å². The lowest BCUT2D eigenvalue weighted by molar-refractivity contribution is -0.140. The minimum Gasteiger partial charge on any atom is -0.469 e. The fourth-order valence-corrected chi connectivity index (χ4v) is 2.84. The van der Waals surface area contributed by atoms with E-state index in [9.17, 15) is 4.79 Å². The molecule has 5 nitrogen and oxygen atoms in total. The molecule has 1 aromatic carbocycles. The van der Waals surface area contributed by atoms with Crippen molar-refractivity contribution < 1.29 is 9.53 Å². The quantitative estimate of drug-likeness (QED) is 0.211. The number of nitrogens with one attached hydrogen (secondary N) is 2. The van der Waals surface area contributed by atoms with E-state index in [1.807, 2.05) is 17.8 Å². The summed E-state index contributed by atoms with van der Waals surface area (Å²) in [7, 11) is 1.43. The van der Waals surface area contributed by atoms with E-state index in [1.54, 1.807) is 0 Å². The van der Waals surface area contributed by atoms with Crippen molar-refractivity contribution in [2.75, 3.05) is 32.5 Å². The normalized spacial score (nSPS) is 11.2. The maximum absolute atomic E-state index is 11.0. The van der Waals surface area contributed by atoms with Gasteiger partial charge in [-0.2, -0.15) is 0 Å². The maximum Gasteiger partial charge on any atom is 0.305 e. The minimum atomic E-state index is -0.135. The summed E-state index contributed by atoms with van der Waals surface area (Å²) in [6, 6.07) is 10.4. The van der Waals surface area contributed by atoms with Crippen LogP contribution in [0.4, 0.5) is 0 Å². The number of nitrogens with zero attached hydrogens (tertiary/aromatic N) is 1. The SMILES string of the molecule is CCNC(=NCCCCCC(=O)OC)NCCSc1ccccc1. The number of carbonyl (C=O) groups is 1. The van der Waals surface area contributed by atoms with E-state index in [2.05, 4.69) is 51.6 Å². The molecule has 1 rings (SSSR count). The summed E-state index contributed by atoms with van der Waals surface area (Å²) in [6.45, 7) is 4.54. The van der Waals surface area contributed by atoms with E-state index in [1.165, 1.54) is 12.0 Å². The Hall–Kier alpha value is -1.69. The zero-order chi connectivity index (χ0) is 17.5. The lowest BCUT2D eigenvalue weighted by atomic mass is 10.2. The molecule has 0 aliphatic heterocycles. The molecule has 0 aromatic heterocycles. The van der Waals surface area contributed by atoms with Crippen LogP contribution >= 0.6 is 11.8 Å². The Morgan fingerprint density at radius 1 is 1.17 bits per heavy atom. The van der Waals surface area contributed by atoms with Gasteiger partial charge in [0.05, 0.1) is 7.11 Å². The number of hydrogen-bond donors (Lipinski definition) is 2. The summed E-state index contributed by atoms with van der Waals surface area (Å²) < 4.78 is 4.63. The molecule has 1 aromatic rings. The van der Waals surface area contributed by atoms with Crippen molar-refractivity contribution in [1.82, 2.24) is 10.6 Å². The molecule has 0 fully saturated rings. The predicted molar refractivity (Wildman–Crippen MR) is 102 cm³/mol. The van der Waals surface area contributed by atoms with Crippen LogP contribution in [0.1, 0.15) is 32.6 Å². The van der Waals surface area contributed by atoms with Gasteiger partial charge in [-0.15, -0.1) is 11.8 Å². The van der Waals surface area contributed by atoms with Gasteiger partial charge in [0.25, 0.3) is 0 Å². The first-order chi connectivity index (χ1) is 11.8. The minimum absolute atomic E-state index is 0.135. The molecule has 0 aliphatic carbocycles. The van der Waals surface area contributed by atoms with E-state index in [0.717, 1.165) is 50.6 Å². The molecular weight excluding hydrogens is 322 g/mol. The largest absolute Gasteiger partial charge is 0.469 e. The molecule has 0 heterocycles. The number of unbranched alkanes of at least 4 members (excludes halogenated alkanes) is 2. The molecule has 0 saturated heterocycles. The maximum atomic E-state index is 11.0. The highest BCUT2D eigenvalue weighted by Crippen LogP contribution is 2.15. The molecule has 0 spiro atoms. The van der Waals surface area contributed by atoms with Crippen LogP contribution in [0.2, 0.25) is 0 Å². The highest BCUT2D eigenvalue weighted by Gasteiger charge is 2.00. The van der Waals surface area contributed by atoms with E-state index in [4.69, 9.17) is 0 Å². The van der Waals surface area contributed by atoms with Gasteiger partial charge in [0.2, 0.25) is 0 Å². The summed E-state index contributed by atoms with van der Waals surface area (Å²) >= 11 is 1.83. The van der Waals surface area contributed by atoms with Crippen molar-refractivity contribution in [2.45, 2.75) is 37.5 Å². The first kappa shape index (κ1) is 20.4. The van der Waals surface area contributed by atoms with Gasteiger partial charge in [0.1, 0.15) is 0 Å². The van der Waals surface area contributed by atoms with Gasteiger partial charge >= 0.3 is 5.97 Å². The lowest BCUT2D eigenvalue weighted by Gasteiger charge is -2.11. The van der Waals surface area contributed by atoms with Crippen molar-refractivity contribution in [3.8, 4) is 0 Å². The number of ether oxygens (including phenoxy) is 1. The van der Waals surface area contributed by atoms with E-state index in [0.29, 0.717) is 6.42 Å². The number of thioether (sulfide) groups is 1. The third-order valence-corrected chi connectivity index (χ3v) is 4.30. The number of aliphatic imine (C=N–C) groups is 1. The van der Waals surface area contributed by atoms with Crippen molar-refractivity contribution >= 4 is 23.7 Å². The summed E-state index contributed by atoms with van der Waals surface area (Å²) in [4.78, 5) is 16.9. The van der Waals surface area contributed by atoms with Crippen LogP contribution in [0.25, 0.3) is 0 Å². The van der Waals surface area contributed by atoms with Gasteiger partial charge in [0, 0.05) is 36.7 Å². The zero-order valence-corrected chi connectivity index (χ0v) is 15.5. The first-order valence-corrected chi connectivity index (χ1v) is 9.51. The van der Waals surface area contributed by atoms with Crippen molar-refractivity contribution in [1.29, 1.82) is 0 Å². The molecule has 6 heteroatoms. The second kappa shape index (κ2) is 13.7. The smallest absolute Gasteiger partial charge is 0.305 e. The van der Waals surface area contributed by atoms with Crippen LogP contribution in [-0.2, 0) is 9.53 Å². The molecule has 2 N–H and O–H groups in total. The lowest BCUT2D eigenvalue weighted by Crippen LogP contribution is -2.38. The molecule has 134 valence electrons. The molecule has 0 unspecified atom stereocenters.